The summed E-state index contributed by atoms with van der Waals surface area (Å²) in [4.78, 5) is 14.1. The second-order valence-corrected chi connectivity index (χ2v) is 6.19. The second kappa shape index (κ2) is 4.92. The van der Waals surface area contributed by atoms with Gasteiger partial charge in [-0.2, -0.15) is 0 Å². The van der Waals surface area contributed by atoms with Crippen LogP contribution in [0.2, 0.25) is 0 Å². The van der Waals surface area contributed by atoms with Crippen molar-refractivity contribution in [2.24, 2.45) is 11.8 Å². The van der Waals surface area contributed by atoms with Crippen molar-refractivity contribution in [1.29, 1.82) is 0 Å². The van der Waals surface area contributed by atoms with E-state index in [9.17, 15) is 4.79 Å². The highest BCUT2D eigenvalue weighted by atomic mass is 32.1. The Kier molecular flexibility index (Phi) is 3.29. The summed E-state index contributed by atoms with van der Waals surface area (Å²) in [5.41, 5.74) is 0. The molecule has 3 atom stereocenters. The topological polar surface area (TPSA) is 29.5 Å². The summed E-state index contributed by atoms with van der Waals surface area (Å²) in [6, 6.07) is 4.38. The van der Waals surface area contributed by atoms with Crippen molar-refractivity contribution in [1.82, 2.24) is 0 Å². The molecule has 2 aliphatic rings. The minimum atomic E-state index is -0.169. The summed E-state index contributed by atoms with van der Waals surface area (Å²) in [5.74, 6) is 1.51. The first-order valence-electron chi connectivity index (χ1n) is 6.79. The number of carbonyl (C=O) groups excluding carboxylic acids is 1. The van der Waals surface area contributed by atoms with Gasteiger partial charge in [-0.1, -0.05) is 6.42 Å². The lowest BCUT2D eigenvalue weighted by atomic mass is 9.94. The number of nitrogens with zero attached hydrogens (tertiary/aromatic N) is 1. The van der Waals surface area contributed by atoms with Crippen LogP contribution in [0.3, 0.4) is 0 Å². The van der Waals surface area contributed by atoms with Gasteiger partial charge in [-0.15, -0.1) is 11.3 Å². The zero-order chi connectivity index (χ0) is 12.5. The quantitative estimate of drug-likeness (QED) is 0.829. The van der Waals surface area contributed by atoms with Gasteiger partial charge in [0.25, 0.3) is 0 Å². The largest absolute Gasteiger partial charge is 0.449 e. The van der Waals surface area contributed by atoms with Crippen LogP contribution in [0.5, 0.6) is 0 Å². The number of hydrogen-bond donors (Lipinski definition) is 0. The summed E-state index contributed by atoms with van der Waals surface area (Å²) in [6.45, 7) is 2.31. The molecule has 1 aromatic rings. The fourth-order valence-electron chi connectivity index (χ4n) is 3.52. The van der Waals surface area contributed by atoms with Crippen LogP contribution in [0.15, 0.2) is 17.5 Å². The molecule has 3 unspecified atom stereocenters. The molecule has 2 saturated carbocycles. The molecule has 0 aromatic carbocycles. The molecule has 2 aliphatic carbocycles. The van der Waals surface area contributed by atoms with Gasteiger partial charge in [-0.25, -0.2) is 4.79 Å². The summed E-state index contributed by atoms with van der Waals surface area (Å²) < 4.78 is 5.24. The van der Waals surface area contributed by atoms with E-state index in [1.165, 1.54) is 19.3 Å². The number of anilines is 1. The Balaban J connectivity index is 1.83. The molecule has 0 spiro atoms. The molecule has 3 rings (SSSR count). The maximum Gasteiger partial charge on any atom is 0.415 e. The SMILES string of the molecule is CCOC(=O)N(c1cccs1)C1CC2CCC1C2. The standard InChI is InChI=1S/C14H19NO2S/c1-2-17-14(16)15(13-4-3-7-18-13)12-9-10-5-6-11(12)8-10/h3-4,7,10-12H,2,5-6,8-9H2,1H3. The van der Waals surface area contributed by atoms with Gasteiger partial charge >= 0.3 is 6.09 Å². The van der Waals surface area contributed by atoms with Crippen LogP contribution in [0, 0.1) is 11.8 Å². The highest BCUT2D eigenvalue weighted by Gasteiger charge is 2.45. The monoisotopic (exact) mass is 265 g/mol. The number of amides is 1. The smallest absolute Gasteiger partial charge is 0.415 e. The van der Waals surface area contributed by atoms with Crippen LogP contribution >= 0.6 is 11.3 Å². The molecular formula is C14H19NO2S. The zero-order valence-corrected chi connectivity index (χ0v) is 11.5. The first-order valence-corrected chi connectivity index (χ1v) is 7.67. The van der Waals surface area contributed by atoms with E-state index >= 15 is 0 Å². The van der Waals surface area contributed by atoms with Gasteiger partial charge < -0.3 is 4.74 Å². The Morgan fingerprint density at radius 1 is 1.50 bits per heavy atom. The minimum absolute atomic E-state index is 0.169. The van der Waals surface area contributed by atoms with Crippen molar-refractivity contribution in [2.75, 3.05) is 11.5 Å². The molecule has 1 heterocycles. The van der Waals surface area contributed by atoms with E-state index in [0.717, 1.165) is 17.3 Å². The van der Waals surface area contributed by atoms with Gasteiger partial charge in [0.05, 0.1) is 6.61 Å². The van der Waals surface area contributed by atoms with E-state index in [2.05, 4.69) is 0 Å². The average molecular weight is 265 g/mol. The third kappa shape index (κ3) is 2.03. The van der Waals surface area contributed by atoms with Crippen LogP contribution in [-0.2, 0) is 4.74 Å². The summed E-state index contributed by atoms with van der Waals surface area (Å²) >= 11 is 1.62. The van der Waals surface area contributed by atoms with Crippen LogP contribution < -0.4 is 4.90 Å². The van der Waals surface area contributed by atoms with Gasteiger partial charge in [-0.3, -0.25) is 4.90 Å². The number of ether oxygens (including phenoxy) is 1. The summed E-state index contributed by atoms with van der Waals surface area (Å²) in [6.07, 6.45) is 4.91. The third-order valence-electron chi connectivity index (χ3n) is 4.24. The Labute approximate surface area is 112 Å². The molecule has 98 valence electrons. The van der Waals surface area contributed by atoms with E-state index in [4.69, 9.17) is 4.74 Å². The van der Waals surface area contributed by atoms with Gasteiger partial charge in [0.15, 0.2) is 0 Å². The molecule has 2 fully saturated rings. The van der Waals surface area contributed by atoms with E-state index in [0.29, 0.717) is 18.6 Å². The van der Waals surface area contributed by atoms with E-state index in [1.54, 1.807) is 11.3 Å². The van der Waals surface area contributed by atoms with Gasteiger partial charge in [0.2, 0.25) is 0 Å². The Morgan fingerprint density at radius 3 is 2.94 bits per heavy atom. The van der Waals surface area contributed by atoms with Crippen LogP contribution in [-0.4, -0.2) is 18.7 Å². The summed E-state index contributed by atoms with van der Waals surface area (Å²) in [7, 11) is 0. The van der Waals surface area contributed by atoms with E-state index in [1.807, 2.05) is 29.3 Å². The van der Waals surface area contributed by atoms with E-state index < -0.39 is 0 Å². The third-order valence-corrected chi connectivity index (χ3v) is 5.11. The normalized spacial score (nSPS) is 29.5. The van der Waals surface area contributed by atoms with Crippen molar-refractivity contribution < 1.29 is 9.53 Å². The maximum atomic E-state index is 12.2. The van der Waals surface area contributed by atoms with E-state index in [-0.39, 0.29) is 6.09 Å². The van der Waals surface area contributed by atoms with Gasteiger partial charge in [-0.05, 0) is 55.5 Å². The van der Waals surface area contributed by atoms with Crippen molar-refractivity contribution >= 4 is 22.4 Å². The number of rotatable bonds is 3. The van der Waals surface area contributed by atoms with Crippen LogP contribution in [0.25, 0.3) is 0 Å². The molecule has 2 bridgehead atoms. The molecule has 0 radical (unpaired) electrons. The van der Waals surface area contributed by atoms with Crippen molar-refractivity contribution in [2.45, 2.75) is 38.6 Å². The molecular weight excluding hydrogens is 246 g/mol. The molecule has 4 heteroatoms. The summed E-state index contributed by atoms with van der Waals surface area (Å²) in [5, 5.41) is 3.06. The molecule has 3 nitrogen and oxygen atoms in total. The molecule has 18 heavy (non-hydrogen) atoms. The van der Waals surface area contributed by atoms with Crippen LogP contribution in [0.4, 0.5) is 9.80 Å². The highest BCUT2D eigenvalue weighted by Crippen LogP contribution is 2.48. The lowest BCUT2D eigenvalue weighted by Gasteiger charge is -2.32. The fraction of sp³-hybridized carbons (Fsp3) is 0.643. The molecule has 0 N–H and O–H groups in total. The second-order valence-electron chi connectivity index (χ2n) is 5.26. The maximum absolute atomic E-state index is 12.2. The molecule has 0 aliphatic heterocycles. The lowest BCUT2D eigenvalue weighted by Crippen LogP contribution is -2.43. The number of carbonyl (C=O) groups is 1. The molecule has 1 aromatic heterocycles. The predicted octanol–water partition coefficient (Wildman–Crippen LogP) is 3.90. The molecule has 1 amide bonds. The fourth-order valence-corrected chi connectivity index (χ4v) is 4.29. The van der Waals surface area contributed by atoms with Crippen molar-refractivity contribution in [3.05, 3.63) is 17.5 Å². The lowest BCUT2D eigenvalue weighted by molar-refractivity contribution is 0.154. The highest BCUT2D eigenvalue weighted by molar-refractivity contribution is 7.14. The Hall–Kier alpha value is -1.03. The Bertz CT molecular complexity index is 417. The first kappa shape index (κ1) is 12.0. The van der Waals surface area contributed by atoms with Crippen molar-refractivity contribution in [3.63, 3.8) is 0 Å². The van der Waals surface area contributed by atoms with Gasteiger partial charge in [0, 0.05) is 6.04 Å². The van der Waals surface area contributed by atoms with Crippen LogP contribution in [0.1, 0.15) is 32.6 Å². The number of thiophene rings is 1. The van der Waals surface area contributed by atoms with Gasteiger partial charge in [0.1, 0.15) is 5.00 Å². The van der Waals surface area contributed by atoms with Crippen molar-refractivity contribution in [3.8, 4) is 0 Å². The first-order chi connectivity index (χ1) is 8.79. The predicted molar refractivity (Wildman–Crippen MR) is 73.1 cm³/mol. The average Bonchev–Trinajstić information content (AvgIpc) is 3.06. The molecule has 0 saturated heterocycles. The minimum Gasteiger partial charge on any atom is -0.449 e. The zero-order valence-electron chi connectivity index (χ0n) is 10.7. The Morgan fingerprint density at radius 2 is 2.39 bits per heavy atom. The number of fused-ring (bicyclic) bond motifs is 2. The number of hydrogen-bond acceptors (Lipinski definition) is 3.